The molecule has 1 aliphatic heterocycles. The SMILES string of the molecule is CN1CCCC(Oc2cccnn2)C1. The van der Waals surface area contributed by atoms with Crippen molar-refractivity contribution in [1.82, 2.24) is 15.1 Å². The van der Waals surface area contributed by atoms with Gasteiger partial charge in [-0.2, -0.15) is 5.10 Å². The summed E-state index contributed by atoms with van der Waals surface area (Å²) in [7, 11) is 2.12. The molecular weight excluding hydrogens is 178 g/mol. The summed E-state index contributed by atoms with van der Waals surface area (Å²) in [6.07, 6.45) is 4.23. The van der Waals surface area contributed by atoms with Crippen LogP contribution in [0.1, 0.15) is 12.8 Å². The average molecular weight is 193 g/mol. The summed E-state index contributed by atoms with van der Waals surface area (Å²) in [6.45, 7) is 2.15. The van der Waals surface area contributed by atoms with Crippen molar-refractivity contribution in [2.24, 2.45) is 0 Å². The van der Waals surface area contributed by atoms with Gasteiger partial charge in [-0.25, -0.2) is 0 Å². The Balaban J connectivity index is 1.91. The average Bonchev–Trinajstić information content (AvgIpc) is 2.19. The highest BCUT2D eigenvalue weighted by Gasteiger charge is 2.18. The van der Waals surface area contributed by atoms with E-state index in [9.17, 15) is 0 Å². The fraction of sp³-hybridized carbons (Fsp3) is 0.600. The molecule has 0 amide bonds. The highest BCUT2D eigenvalue weighted by Crippen LogP contribution is 2.14. The van der Waals surface area contributed by atoms with E-state index in [1.807, 2.05) is 12.1 Å². The van der Waals surface area contributed by atoms with Crippen LogP contribution in [-0.2, 0) is 0 Å². The van der Waals surface area contributed by atoms with Gasteiger partial charge in [0, 0.05) is 18.8 Å². The maximum absolute atomic E-state index is 5.71. The van der Waals surface area contributed by atoms with Gasteiger partial charge in [0.1, 0.15) is 6.10 Å². The zero-order chi connectivity index (χ0) is 9.80. The van der Waals surface area contributed by atoms with Crippen molar-refractivity contribution in [2.45, 2.75) is 18.9 Å². The van der Waals surface area contributed by atoms with Gasteiger partial charge in [0.25, 0.3) is 0 Å². The Bertz CT molecular complexity index is 278. The number of nitrogens with zero attached hydrogens (tertiary/aromatic N) is 3. The molecule has 2 rings (SSSR count). The van der Waals surface area contributed by atoms with Crippen LogP contribution in [0.2, 0.25) is 0 Å². The van der Waals surface area contributed by atoms with Gasteiger partial charge >= 0.3 is 0 Å². The Morgan fingerprint density at radius 2 is 2.50 bits per heavy atom. The lowest BCUT2D eigenvalue weighted by atomic mass is 10.1. The summed E-state index contributed by atoms with van der Waals surface area (Å²) < 4.78 is 5.71. The molecule has 0 aliphatic carbocycles. The van der Waals surface area contributed by atoms with Crippen LogP contribution in [0.15, 0.2) is 18.3 Å². The van der Waals surface area contributed by atoms with Crippen LogP contribution in [0.3, 0.4) is 0 Å². The second-order valence-electron chi connectivity index (χ2n) is 3.71. The van der Waals surface area contributed by atoms with E-state index in [1.54, 1.807) is 6.20 Å². The lowest BCUT2D eigenvalue weighted by Gasteiger charge is -2.29. The number of rotatable bonds is 2. The fourth-order valence-corrected chi connectivity index (χ4v) is 1.74. The Morgan fingerprint density at radius 3 is 3.21 bits per heavy atom. The number of hydrogen-bond donors (Lipinski definition) is 0. The van der Waals surface area contributed by atoms with Crippen molar-refractivity contribution in [2.75, 3.05) is 20.1 Å². The van der Waals surface area contributed by atoms with E-state index in [0.717, 1.165) is 13.0 Å². The zero-order valence-corrected chi connectivity index (χ0v) is 8.39. The Kier molecular flexibility index (Phi) is 2.93. The number of hydrogen-bond acceptors (Lipinski definition) is 4. The number of aromatic nitrogens is 2. The zero-order valence-electron chi connectivity index (χ0n) is 8.39. The Morgan fingerprint density at radius 1 is 1.57 bits per heavy atom. The number of likely N-dealkylation sites (tertiary alicyclic amines) is 1. The first-order valence-electron chi connectivity index (χ1n) is 4.97. The molecular formula is C10H15N3O. The number of ether oxygens (including phenoxy) is 1. The lowest BCUT2D eigenvalue weighted by molar-refractivity contribution is 0.0991. The Hall–Kier alpha value is -1.16. The van der Waals surface area contributed by atoms with Crippen molar-refractivity contribution in [3.8, 4) is 5.88 Å². The van der Waals surface area contributed by atoms with E-state index in [0.29, 0.717) is 5.88 Å². The minimum absolute atomic E-state index is 0.269. The highest BCUT2D eigenvalue weighted by atomic mass is 16.5. The topological polar surface area (TPSA) is 38.2 Å². The first kappa shape index (κ1) is 9.40. The first-order valence-corrected chi connectivity index (χ1v) is 4.97. The third kappa shape index (κ3) is 2.42. The summed E-state index contributed by atoms with van der Waals surface area (Å²) in [5.41, 5.74) is 0. The van der Waals surface area contributed by atoms with Gasteiger partial charge in [-0.05, 0) is 32.5 Å². The normalized spacial score (nSPS) is 23.4. The predicted molar refractivity (Wildman–Crippen MR) is 53.2 cm³/mol. The maximum atomic E-state index is 5.71. The molecule has 0 aromatic carbocycles. The summed E-state index contributed by atoms with van der Waals surface area (Å²) in [5.74, 6) is 0.632. The Labute approximate surface area is 83.9 Å². The van der Waals surface area contributed by atoms with Crippen molar-refractivity contribution >= 4 is 0 Å². The molecule has 0 bridgehead atoms. The molecule has 4 nitrogen and oxygen atoms in total. The van der Waals surface area contributed by atoms with Gasteiger partial charge in [-0.15, -0.1) is 5.10 Å². The van der Waals surface area contributed by atoms with Crippen LogP contribution in [0.25, 0.3) is 0 Å². The standard InChI is InChI=1S/C10H15N3O/c1-13-7-3-4-9(8-13)14-10-5-2-6-11-12-10/h2,5-6,9H,3-4,7-8H2,1H3. The summed E-state index contributed by atoms with van der Waals surface area (Å²) in [5, 5.41) is 7.69. The van der Waals surface area contributed by atoms with Crippen LogP contribution < -0.4 is 4.74 Å². The van der Waals surface area contributed by atoms with E-state index < -0.39 is 0 Å². The first-order chi connectivity index (χ1) is 6.84. The fourth-order valence-electron chi connectivity index (χ4n) is 1.74. The minimum Gasteiger partial charge on any atom is -0.472 e. The molecule has 76 valence electrons. The van der Waals surface area contributed by atoms with Crippen LogP contribution in [0.5, 0.6) is 5.88 Å². The molecule has 1 aromatic rings. The van der Waals surface area contributed by atoms with Crippen LogP contribution in [0.4, 0.5) is 0 Å². The predicted octanol–water partition coefficient (Wildman–Crippen LogP) is 0.950. The molecule has 14 heavy (non-hydrogen) atoms. The van der Waals surface area contributed by atoms with Crippen molar-refractivity contribution in [3.05, 3.63) is 18.3 Å². The lowest BCUT2D eigenvalue weighted by Crippen LogP contribution is -2.38. The van der Waals surface area contributed by atoms with Gasteiger partial charge in [-0.1, -0.05) is 0 Å². The van der Waals surface area contributed by atoms with E-state index in [1.165, 1.54) is 13.0 Å². The van der Waals surface area contributed by atoms with Crippen molar-refractivity contribution in [1.29, 1.82) is 0 Å². The third-order valence-corrected chi connectivity index (χ3v) is 2.42. The number of piperidine rings is 1. The summed E-state index contributed by atoms with van der Waals surface area (Å²) in [4.78, 5) is 2.28. The molecule has 0 spiro atoms. The van der Waals surface area contributed by atoms with Crippen LogP contribution in [0, 0.1) is 0 Å². The summed E-state index contributed by atoms with van der Waals surface area (Å²) in [6, 6.07) is 3.69. The minimum atomic E-state index is 0.269. The van der Waals surface area contributed by atoms with Gasteiger partial charge in [0.05, 0.1) is 0 Å². The van der Waals surface area contributed by atoms with Crippen LogP contribution in [-0.4, -0.2) is 41.3 Å². The van der Waals surface area contributed by atoms with Gasteiger partial charge in [0.15, 0.2) is 0 Å². The number of likely N-dealkylation sites (N-methyl/N-ethyl adjacent to an activating group) is 1. The monoisotopic (exact) mass is 193 g/mol. The molecule has 1 unspecified atom stereocenters. The second kappa shape index (κ2) is 4.37. The van der Waals surface area contributed by atoms with E-state index >= 15 is 0 Å². The molecule has 1 atom stereocenters. The third-order valence-electron chi connectivity index (χ3n) is 2.42. The quantitative estimate of drug-likeness (QED) is 0.701. The molecule has 1 saturated heterocycles. The van der Waals surface area contributed by atoms with E-state index in [2.05, 4.69) is 22.1 Å². The maximum Gasteiger partial charge on any atom is 0.233 e. The molecule has 0 radical (unpaired) electrons. The highest BCUT2D eigenvalue weighted by molar-refractivity contribution is 5.06. The second-order valence-corrected chi connectivity index (χ2v) is 3.71. The van der Waals surface area contributed by atoms with Crippen molar-refractivity contribution in [3.63, 3.8) is 0 Å². The van der Waals surface area contributed by atoms with Crippen molar-refractivity contribution < 1.29 is 4.74 Å². The molecule has 2 heterocycles. The molecule has 1 aromatic heterocycles. The molecule has 4 heteroatoms. The smallest absolute Gasteiger partial charge is 0.233 e. The van der Waals surface area contributed by atoms with Crippen LogP contribution >= 0.6 is 0 Å². The van der Waals surface area contributed by atoms with Gasteiger partial charge in [-0.3, -0.25) is 0 Å². The molecule has 0 saturated carbocycles. The van der Waals surface area contributed by atoms with E-state index in [4.69, 9.17) is 4.74 Å². The molecule has 1 fully saturated rings. The largest absolute Gasteiger partial charge is 0.472 e. The summed E-state index contributed by atoms with van der Waals surface area (Å²) >= 11 is 0. The van der Waals surface area contributed by atoms with Gasteiger partial charge in [0.2, 0.25) is 5.88 Å². The van der Waals surface area contributed by atoms with Gasteiger partial charge < -0.3 is 9.64 Å². The molecule has 0 N–H and O–H groups in total. The van der Waals surface area contributed by atoms with E-state index in [-0.39, 0.29) is 6.10 Å². The molecule has 1 aliphatic rings.